The van der Waals surface area contributed by atoms with Crippen LogP contribution < -0.4 is 16.8 Å². The molecule has 1 aromatic heterocycles. The van der Waals surface area contributed by atoms with E-state index in [1.165, 1.54) is 0 Å². The van der Waals surface area contributed by atoms with Crippen molar-refractivity contribution in [1.29, 1.82) is 0 Å². The molecule has 7 nitrogen and oxygen atoms in total. The maximum absolute atomic E-state index is 5.45. The van der Waals surface area contributed by atoms with Gasteiger partial charge < -0.3 is 21.5 Å². The molecule has 1 unspecified atom stereocenters. The van der Waals surface area contributed by atoms with Crippen molar-refractivity contribution in [3.63, 3.8) is 0 Å². The minimum absolute atomic E-state index is 0.0975. The summed E-state index contributed by atoms with van der Waals surface area (Å²) >= 11 is 0. The SMILES string of the molecule is CCCCC(Nc1nc(N)nc(N)n1)OC. The van der Waals surface area contributed by atoms with Crippen LogP contribution in [0.25, 0.3) is 0 Å². The van der Waals surface area contributed by atoms with Crippen LogP contribution >= 0.6 is 0 Å². The normalized spacial score (nSPS) is 12.4. The second-order valence-electron chi connectivity index (χ2n) is 3.39. The third-order valence-electron chi connectivity index (χ3n) is 2.06. The van der Waals surface area contributed by atoms with Crippen LogP contribution in [0.15, 0.2) is 0 Å². The highest BCUT2D eigenvalue weighted by molar-refractivity contribution is 5.37. The lowest BCUT2D eigenvalue weighted by atomic mass is 10.2. The Bertz CT molecular complexity index is 312. The van der Waals surface area contributed by atoms with Crippen molar-refractivity contribution in [3.05, 3.63) is 0 Å². The van der Waals surface area contributed by atoms with Gasteiger partial charge in [-0.3, -0.25) is 0 Å². The Morgan fingerprint density at radius 2 is 1.88 bits per heavy atom. The van der Waals surface area contributed by atoms with Gasteiger partial charge in [-0.15, -0.1) is 0 Å². The predicted molar refractivity (Wildman–Crippen MR) is 62.6 cm³/mol. The average Bonchev–Trinajstić information content (AvgIpc) is 2.22. The van der Waals surface area contributed by atoms with E-state index in [0.717, 1.165) is 19.3 Å². The number of nitrogens with zero attached hydrogens (tertiary/aromatic N) is 3. The standard InChI is InChI=1S/C9H18N6O/c1-3-4-5-6(16-2)12-9-14-7(10)13-8(11)15-9/h6H,3-5H2,1-2H3,(H5,10,11,12,13,14,15). The molecule has 0 saturated heterocycles. The maximum Gasteiger partial charge on any atom is 0.231 e. The van der Waals surface area contributed by atoms with E-state index in [0.29, 0.717) is 5.95 Å². The van der Waals surface area contributed by atoms with E-state index in [2.05, 4.69) is 27.2 Å². The summed E-state index contributed by atoms with van der Waals surface area (Å²) in [5.74, 6) is 0.536. The molecule has 1 rings (SSSR count). The summed E-state index contributed by atoms with van der Waals surface area (Å²) in [6.45, 7) is 2.12. The molecule has 1 heterocycles. The molecule has 0 saturated carbocycles. The molecule has 5 N–H and O–H groups in total. The number of nitrogen functional groups attached to an aromatic ring is 2. The summed E-state index contributed by atoms with van der Waals surface area (Å²) in [5.41, 5.74) is 10.9. The van der Waals surface area contributed by atoms with Gasteiger partial charge in [0.05, 0.1) is 0 Å². The lowest BCUT2D eigenvalue weighted by Crippen LogP contribution is -2.23. The molecule has 0 spiro atoms. The van der Waals surface area contributed by atoms with Crippen molar-refractivity contribution in [3.8, 4) is 0 Å². The minimum atomic E-state index is -0.138. The van der Waals surface area contributed by atoms with E-state index < -0.39 is 0 Å². The third-order valence-corrected chi connectivity index (χ3v) is 2.06. The number of ether oxygens (including phenoxy) is 1. The second-order valence-corrected chi connectivity index (χ2v) is 3.39. The van der Waals surface area contributed by atoms with Gasteiger partial charge in [-0.2, -0.15) is 15.0 Å². The highest BCUT2D eigenvalue weighted by Crippen LogP contribution is 2.09. The van der Waals surface area contributed by atoms with Gasteiger partial charge in [0.2, 0.25) is 17.8 Å². The number of nitrogens with one attached hydrogen (secondary N) is 1. The fraction of sp³-hybridized carbons (Fsp3) is 0.667. The molecule has 0 aromatic carbocycles. The fourth-order valence-corrected chi connectivity index (χ4v) is 1.26. The van der Waals surface area contributed by atoms with Gasteiger partial charge in [-0.1, -0.05) is 13.3 Å². The smallest absolute Gasteiger partial charge is 0.231 e. The molecule has 0 bridgehead atoms. The van der Waals surface area contributed by atoms with Crippen molar-refractivity contribution in [1.82, 2.24) is 15.0 Å². The Kier molecular flexibility index (Phi) is 4.71. The van der Waals surface area contributed by atoms with Crippen molar-refractivity contribution >= 4 is 17.8 Å². The van der Waals surface area contributed by atoms with Crippen LogP contribution in [0.2, 0.25) is 0 Å². The molecule has 90 valence electrons. The molecule has 16 heavy (non-hydrogen) atoms. The van der Waals surface area contributed by atoms with Crippen LogP contribution in [0.1, 0.15) is 26.2 Å². The highest BCUT2D eigenvalue weighted by Gasteiger charge is 2.09. The molecule has 0 amide bonds. The van der Waals surface area contributed by atoms with Gasteiger partial charge in [-0.25, -0.2) is 0 Å². The van der Waals surface area contributed by atoms with E-state index in [4.69, 9.17) is 16.2 Å². The topological polar surface area (TPSA) is 112 Å². The number of nitrogens with two attached hydrogens (primary N) is 2. The molecule has 0 radical (unpaired) electrons. The van der Waals surface area contributed by atoms with Crippen LogP contribution in [-0.2, 0) is 4.74 Å². The van der Waals surface area contributed by atoms with Crippen LogP contribution in [0.3, 0.4) is 0 Å². The Hall–Kier alpha value is -1.63. The van der Waals surface area contributed by atoms with E-state index in [9.17, 15) is 0 Å². The zero-order chi connectivity index (χ0) is 12.0. The van der Waals surface area contributed by atoms with E-state index >= 15 is 0 Å². The quantitative estimate of drug-likeness (QED) is 0.609. The summed E-state index contributed by atoms with van der Waals surface area (Å²) in [4.78, 5) is 11.5. The molecule has 7 heteroatoms. The number of hydrogen-bond donors (Lipinski definition) is 3. The number of rotatable bonds is 6. The van der Waals surface area contributed by atoms with E-state index in [1.807, 2.05) is 0 Å². The van der Waals surface area contributed by atoms with Crippen molar-refractivity contribution in [2.45, 2.75) is 32.4 Å². The summed E-state index contributed by atoms with van der Waals surface area (Å²) in [7, 11) is 1.63. The van der Waals surface area contributed by atoms with Gasteiger partial charge in [0.1, 0.15) is 6.23 Å². The summed E-state index contributed by atoms with van der Waals surface area (Å²) in [6.07, 6.45) is 2.89. The first-order valence-corrected chi connectivity index (χ1v) is 5.22. The summed E-state index contributed by atoms with van der Waals surface area (Å²) < 4.78 is 5.24. The Morgan fingerprint density at radius 1 is 1.25 bits per heavy atom. The maximum atomic E-state index is 5.45. The summed E-state index contributed by atoms with van der Waals surface area (Å²) in [5, 5.41) is 3.00. The zero-order valence-corrected chi connectivity index (χ0v) is 9.60. The van der Waals surface area contributed by atoms with E-state index in [-0.39, 0.29) is 18.1 Å². The highest BCUT2D eigenvalue weighted by atomic mass is 16.5. The first-order valence-electron chi connectivity index (χ1n) is 5.22. The van der Waals surface area contributed by atoms with Gasteiger partial charge in [0.25, 0.3) is 0 Å². The second kappa shape index (κ2) is 6.06. The van der Waals surface area contributed by atoms with Crippen molar-refractivity contribution in [2.75, 3.05) is 23.9 Å². The summed E-state index contributed by atoms with van der Waals surface area (Å²) in [6, 6.07) is 0. The Labute approximate surface area is 94.6 Å². The molecule has 1 aromatic rings. The van der Waals surface area contributed by atoms with Gasteiger partial charge >= 0.3 is 0 Å². The predicted octanol–water partition coefficient (Wildman–Crippen LogP) is 0.611. The largest absolute Gasteiger partial charge is 0.368 e. The van der Waals surface area contributed by atoms with Gasteiger partial charge in [-0.05, 0) is 12.8 Å². The molecule has 0 aliphatic rings. The first kappa shape index (κ1) is 12.4. The third kappa shape index (κ3) is 3.85. The van der Waals surface area contributed by atoms with Gasteiger partial charge in [0, 0.05) is 7.11 Å². The molecule has 1 atom stereocenters. The first-order chi connectivity index (χ1) is 7.65. The number of methoxy groups -OCH3 is 1. The number of aromatic nitrogens is 3. The molecular formula is C9H18N6O. The lowest BCUT2D eigenvalue weighted by Gasteiger charge is -2.16. The average molecular weight is 226 g/mol. The van der Waals surface area contributed by atoms with Crippen LogP contribution in [-0.4, -0.2) is 28.3 Å². The Morgan fingerprint density at radius 3 is 2.38 bits per heavy atom. The molecular weight excluding hydrogens is 208 g/mol. The zero-order valence-electron chi connectivity index (χ0n) is 9.60. The fourth-order valence-electron chi connectivity index (χ4n) is 1.26. The number of anilines is 3. The van der Waals surface area contributed by atoms with Crippen molar-refractivity contribution < 1.29 is 4.74 Å². The molecule has 0 aliphatic heterocycles. The molecule has 0 aliphatic carbocycles. The number of unbranched alkanes of at least 4 members (excludes halogenated alkanes) is 1. The monoisotopic (exact) mass is 226 g/mol. The van der Waals surface area contributed by atoms with Crippen LogP contribution in [0.5, 0.6) is 0 Å². The Balaban J connectivity index is 2.62. The van der Waals surface area contributed by atoms with Crippen molar-refractivity contribution in [2.24, 2.45) is 0 Å². The lowest BCUT2D eigenvalue weighted by molar-refractivity contribution is 0.115. The van der Waals surface area contributed by atoms with Gasteiger partial charge in [0.15, 0.2) is 0 Å². The van der Waals surface area contributed by atoms with Crippen LogP contribution in [0, 0.1) is 0 Å². The number of hydrogen-bond acceptors (Lipinski definition) is 7. The molecule has 0 fully saturated rings. The van der Waals surface area contributed by atoms with Crippen LogP contribution in [0.4, 0.5) is 17.8 Å². The van der Waals surface area contributed by atoms with E-state index in [1.54, 1.807) is 7.11 Å². The minimum Gasteiger partial charge on any atom is -0.368 e.